The summed E-state index contributed by atoms with van der Waals surface area (Å²) in [5, 5.41) is 3.10. The van der Waals surface area contributed by atoms with Gasteiger partial charge in [-0.1, -0.05) is 25.5 Å². The van der Waals surface area contributed by atoms with Crippen molar-refractivity contribution in [1.82, 2.24) is 14.9 Å². The Morgan fingerprint density at radius 2 is 1.79 bits per heavy atom. The van der Waals surface area contributed by atoms with Gasteiger partial charge in [0, 0.05) is 25.0 Å². The van der Waals surface area contributed by atoms with Crippen LogP contribution in [0.5, 0.6) is 11.5 Å². The zero-order valence-electron chi connectivity index (χ0n) is 17.1. The lowest BCUT2D eigenvalue weighted by Gasteiger charge is -2.19. The molecule has 0 spiro atoms. The van der Waals surface area contributed by atoms with Crippen molar-refractivity contribution in [3.05, 3.63) is 77.9 Å². The quantitative estimate of drug-likeness (QED) is 0.555. The average Bonchev–Trinajstić information content (AvgIpc) is 3.18. The van der Waals surface area contributed by atoms with E-state index in [1.54, 1.807) is 25.4 Å². The smallest absolute Gasteiger partial charge is 0.252 e. The Hall–Kier alpha value is -3.28. The zero-order valence-corrected chi connectivity index (χ0v) is 17.1. The summed E-state index contributed by atoms with van der Waals surface area (Å²) < 4.78 is 12.8. The van der Waals surface area contributed by atoms with E-state index >= 15 is 0 Å². The molecule has 1 amide bonds. The molecule has 152 valence electrons. The molecule has 0 fully saturated rings. The fraction of sp³-hybridized carbons (Fsp3) is 0.304. The van der Waals surface area contributed by atoms with E-state index in [1.807, 2.05) is 54.2 Å². The number of carbonyl (C=O) groups excluding carboxylic acids is 1. The summed E-state index contributed by atoms with van der Waals surface area (Å²) in [7, 11) is 3.54. The second-order valence-electron chi connectivity index (χ2n) is 6.80. The predicted molar refractivity (Wildman–Crippen MR) is 112 cm³/mol. The van der Waals surface area contributed by atoms with Gasteiger partial charge >= 0.3 is 0 Å². The number of rotatable bonds is 9. The summed E-state index contributed by atoms with van der Waals surface area (Å²) in [6.07, 6.45) is 5.68. The molecule has 1 aromatic heterocycles. The van der Waals surface area contributed by atoms with Crippen LogP contribution in [0, 0.1) is 0 Å². The molecule has 1 atom stereocenters. The molecule has 0 saturated carbocycles. The minimum absolute atomic E-state index is 0.172. The van der Waals surface area contributed by atoms with Crippen LogP contribution in [-0.2, 0) is 7.05 Å². The van der Waals surface area contributed by atoms with Crippen molar-refractivity contribution < 1.29 is 14.3 Å². The summed E-state index contributed by atoms with van der Waals surface area (Å²) >= 11 is 0. The summed E-state index contributed by atoms with van der Waals surface area (Å²) in [5.41, 5.74) is 1.49. The minimum atomic E-state index is -0.381. The highest BCUT2D eigenvalue weighted by molar-refractivity contribution is 5.94. The minimum Gasteiger partial charge on any atom is -0.497 e. The molecule has 0 unspecified atom stereocenters. The van der Waals surface area contributed by atoms with Gasteiger partial charge < -0.3 is 19.4 Å². The second kappa shape index (κ2) is 9.78. The molecule has 1 heterocycles. The second-order valence-corrected chi connectivity index (χ2v) is 6.80. The predicted octanol–water partition coefficient (Wildman–Crippen LogP) is 4.13. The molecule has 0 aliphatic carbocycles. The highest BCUT2D eigenvalue weighted by Crippen LogP contribution is 2.24. The summed E-state index contributed by atoms with van der Waals surface area (Å²) in [5.74, 6) is 2.11. The van der Waals surface area contributed by atoms with Crippen LogP contribution in [0.1, 0.15) is 47.6 Å². The van der Waals surface area contributed by atoms with Gasteiger partial charge in [0.05, 0.1) is 13.7 Å². The molecule has 0 saturated heterocycles. The van der Waals surface area contributed by atoms with Gasteiger partial charge in [0.25, 0.3) is 5.91 Å². The number of aryl methyl sites for hydroxylation is 1. The molecule has 3 rings (SSSR count). The van der Waals surface area contributed by atoms with Crippen molar-refractivity contribution >= 4 is 5.91 Å². The SMILES string of the molecule is CCCCOc1ccc(C(=O)N[C@H](c2ccc(OC)cc2)c2nccn2C)cc1. The maximum atomic E-state index is 12.9. The number of ether oxygens (including phenoxy) is 2. The van der Waals surface area contributed by atoms with Crippen LogP contribution >= 0.6 is 0 Å². The molecule has 0 radical (unpaired) electrons. The van der Waals surface area contributed by atoms with Gasteiger partial charge in [-0.2, -0.15) is 0 Å². The van der Waals surface area contributed by atoms with E-state index in [4.69, 9.17) is 9.47 Å². The first-order valence-electron chi connectivity index (χ1n) is 9.77. The lowest BCUT2D eigenvalue weighted by Crippen LogP contribution is -2.31. The Morgan fingerprint density at radius 1 is 1.10 bits per heavy atom. The van der Waals surface area contributed by atoms with Crippen molar-refractivity contribution in [2.45, 2.75) is 25.8 Å². The molecule has 2 aromatic carbocycles. The van der Waals surface area contributed by atoms with Crippen LogP contribution < -0.4 is 14.8 Å². The third-order valence-electron chi connectivity index (χ3n) is 4.72. The fourth-order valence-corrected chi connectivity index (χ4v) is 3.00. The Bertz CT molecular complexity index is 917. The molecular formula is C23H27N3O3. The van der Waals surface area contributed by atoms with E-state index in [-0.39, 0.29) is 11.9 Å². The Labute approximate surface area is 171 Å². The van der Waals surface area contributed by atoms with Crippen molar-refractivity contribution in [2.24, 2.45) is 7.05 Å². The van der Waals surface area contributed by atoms with E-state index in [0.29, 0.717) is 12.2 Å². The molecule has 3 aromatic rings. The van der Waals surface area contributed by atoms with Crippen LogP contribution in [-0.4, -0.2) is 29.2 Å². The molecule has 0 bridgehead atoms. The standard InChI is InChI=1S/C23H27N3O3/c1-4-5-16-29-20-12-8-18(9-13-20)23(27)25-21(22-24-14-15-26(22)2)17-6-10-19(28-3)11-7-17/h6-15,21H,4-5,16H2,1-3H3,(H,25,27)/t21-/m1/s1. The third kappa shape index (κ3) is 5.16. The van der Waals surface area contributed by atoms with Crippen molar-refractivity contribution in [3.8, 4) is 11.5 Å². The summed E-state index contributed by atoms with van der Waals surface area (Å²) in [4.78, 5) is 17.4. The van der Waals surface area contributed by atoms with Crippen LogP contribution in [0.2, 0.25) is 0 Å². The monoisotopic (exact) mass is 393 g/mol. The maximum Gasteiger partial charge on any atom is 0.252 e. The van der Waals surface area contributed by atoms with Gasteiger partial charge in [0.1, 0.15) is 23.4 Å². The fourth-order valence-electron chi connectivity index (χ4n) is 3.00. The van der Waals surface area contributed by atoms with Crippen LogP contribution in [0.25, 0.3) is 0 Å². The van der Waals surface area contributed by atoms with Crippen LogP contribution in [0.3, 0.4) is 0 Å². The Morgan fingerprint density at radius 3 is 2.38 bits per heavy atom. The van der Waals surface area contributed by atoms with Crippen LogP contribution in [0.4, 0.5) is 0 Å². The van der Waals surface area contributed by atoms with E-state index in [0.717, 1.165) is 35.7 Å². The maximum absolute atomic E-state index is 12.9. The van der Waals surface area contributed by atoms with Gasteiger partial charge in [-0.3, -0.25) is 4.79 Å². The Kier molecular flexibility index (Phi) is 6.89. The van der Waals surface area contributed by atoms with Gasteiger partial charge in [-0.25, -0.2) is 4.98 Å². The van der Waals surface area contributed by atoms with Crippen molar-refractivity contribution in [2.75, 3.05) is 13.7 Å². The molecular weight excluding hydrogens is 366 g/mol. The number of hydrogen-bond acceptors (Lipinski definition) is 4. The summed E-state index contributed by atoms with van der Waals surface area (Å²) in [6, 6.07) is 14.4. The van der Waals surface area contributed by atoms with Gasteiger partial charge in [-0.15, -0.1) is 0 Å². The molecule has 6 heteroatoms. The molecule has 1 N–H and O–H groups in total. The number of carbonyl (C=O) groups is 1. The largest absolute Gasteiger partial charge is 0.497 e. The summed E-state index contributed by atoms with van der Waals surface area (Å²) in [6.45, 7) is 2.80. The van der Waals surface area contributed by atoms with E-state index in [1.165, 1.54) is 0 Å². The lowest BCUT2D eigenvalue weighted by atomic mass is 10.0. The van der Waals surface area contributed by atoms with E-state index < -0.39 is 0 Å². The Balaban J connectivity index is 1.78. The first-order chi connectivity index (χ1) is 14.1. The van der Waals surface area contributed by atoms with Crippen LogP contribution in [0.15, 0.2) is 60.9 Å². The van der Waals surface area contributed by atoms with E-state index in [2.05, 4.69) is 17.2 Å². The number of nitrogens with one attached hydrogen (secondary N) is 1. The number of hydrogen-bond donors (Lipinski definition) is 1. The number of nitrogens with zero attached hydrogens (tertiary/aromatic N) is 2. The topological polar surface area (TPSA) is 65.4 Å². The number of imidazole rings is 1. The molecule has 29 heavy (non-hydrogen) atoms. The third-order valence-corrected chi connectivity index (χ3v) is 4.72. The van der Waals surface area contributed by atoms with Gasteiger partial charge in [-0.05, 0) is 48.4 Å². The number of benzene rings is 2. The van der Waals surface area contributed by atoms with Gasteiger partial charge in [0.2, 0.25) is 0 Å². The molecule has 0 aliphatic heterocycles. The number of amides is 1. The first-order valence-corrected chi connectivity index (χ1v) is 9.77. The normalized spacial score (nSPS) is 11.7. The molecule has 6 nitrogen and oxygen atoms in total. The number of unbranched alkanes of at least 4 members (excludes halogenated alkanes) is 1. The molecule has 0 aliphatic rings. The van der Waals surface area contributed by atoms with Crippen molar-refractivity contribution in [3.63, 3.8) is 0 Å². The van der Waals surface area contributed by atoms with Crippen molar-refractivity contribution in [1.29, 1.82) is 0 Å². The number of methoxy groups -OCH3 is 1. The number of aromatic nitrogens is 2. The average molecular weight is 393 g/mol. The zero-order chi connectivity index (χ0) is 20.6. The lowest BCUT2D eigenvalue weighted by molar-refractivity contribution is 0.0941. The first kappa shape index (κ1) is 20.5. The highest BCUT2D eigenvalue weighted by Gasteiger charge is 2.21. The van der Waals surface area contributed by atoms with E-state index in [9.17, 15) is 4.79 Å². The highest BCUT2D eigenvalue weighted by atomic mass is 16.5. The van der Waals surface area contributed by atoms with Gasteiger partial charge in [0.15, 0.2) is 0 Å².